The predicted octanol–water partition coefficient (Wildman–Crippen LogP) is 5.00. The van der Waals surface area contributed by atoms with Crippen molar-refractivity contribution >= 4 is 34.3 Å². The summed E-state index contributed by atoms with van der Waals surface area (Å²) in [4.78, 5) is 31.6. The highest BCUT2D eigenvalue weighted by molar-refractivity contribution is 6.08. The number of hydrogen-bond donors (Lipinski definition) is 4. The second-order valence-corrected chi connectivity index (χ2v) is 7.21. The summed E-state index contributed by atoms with van der Waals surface area (Å²) in [6.07, 6.45) is -2.98. The van der Waals surface area contributed by atoms with Crippen molar-refractivity contribution in [2.24, 2.45) is 5.73 Å². The lowest BCUT2D eigenvalue weighted by Gasteiger charge is -2.14. The number of carbonyl (C=O) groups is 2. The molecule has 8 nitrogen and oxygen atoms in total. The van der Waals surface area contributed by atoms with Crippen molar-refractivity contribution in [2.45, 2.75) is 6.18 Å². The summed E-state index contributed by atoms with van der Waals surface area (Å²) in [5, 5.41) is 4.91. The van der Waals surface area contributed by atoms with Crippen LogP contribution in [0.25, 0.3) is 22.2 Å². The fraction of sp³-hybridized carbons (Fsp3) is 0.0870. The molecule has 0 radical (unpaired) electrons. The average molecular weight is 469 g/mol. The van der Waals surface area contributed by atoms with Crippen molar-refractivity contribution in [1.29, 1.82) is 0 Å². The first-order valence-corrected chi connectivity index (χ1v) is 9.87. The Morgan fingerprint density at radius 3 is 2.44 bits per heavy atom. The summed E-state index contributed by atoms with van der Waals surface area (Å²) in [7, 11) is 1.28. The lowest BCUT2D eigenvalue weighted by atomic mass is 10.0. The molecule has 34 heavy (non-hydrogen) atoms. The minimum absolute atomic E-state index is 0.0734. The molecule has 0 bridgehead atoms. The van der Waals surface area contributed by atoms with Gasteiger partial charge in [0.1, 0.15) is 11.4 Å². The number of aromatic amines is 1. The number of benzene rings is 2. The van der Waals surface area contributed by atoms with Crippen LogP contribution < -0.4 is 21.1 Å². The molecule has 5 N–H and O–H groups in total. The quantitative estimate of drug-likeness (QED) is 0.329. The van der Waals surface area contributed by atoms with Gasteiger partial charge in [-0.1, -0.05) is 12.1 Å². The number of alkyl halides is 3. The van der Waals surface area contributed by atoms with Crippen LogP contribution >= 0.6 is 0 Å². The molecule has 3 amide bonds. The van der Waals surface area contributed by atoms with E-state index in [1.165, 1.54) is 7.11 Å². The van der Waals surface area contributed by atoms with Crippen LogP contribution in [0.3, 0.4) is 0 Å². The van der Waals surface area contributed by atoms with Crippen molar-refractivity contribution in [2.75, 3.05) is 17.7 Å². The van der Waals surface area contributed by atoms with Crippen LogP contribution in [0.2, 0.25) is 0 Å². The van der Waals surface area contributed by atoms with Gasteiger partial charge in [0.2, 0.25) is 0 Å². The molecular formula is C23H18F3N5O3. The molecule has 0 fully saturated rings. The molecule has 0 aliphatic carbocycles. The van der Waals surface area contributed by atoms with E-state index in [0.29, 0.717) is 27.8 Å². The zero-order valence-corrected chi connectivity index (χ0v) is 17.7. The molecule has 2 aromatic heterocycles. The Bertz CT molecular complexity index is 1380. The first kappa shape index (κ1) is 22.6. The van der Waals surface area contributed by atoms with Crippen LogP contribution in [0.1, 0.15) is 16.1 Å². The van der Waals surface area contributed by atoms with Crippen LogP contribution in [0.5, 0.6) is 5.75 Å². The zero-order chi connectivity index (χ0) is 24.5. The number of methoxy groups -OCH3 is 1. The van der Waals surface area contributed by atoms with Crippen molar-refractivity contribution in [3.63, 3.8) is 0 Å². The number of ether oxygens (including phenoxy) is 1. The molecule has 11 heteroatoms. The number of anilines is 2. The second-order valence-electron chi connectivity index (χ2n) is 7.21. The number of amides is 3. The van der Waals surface area contributed by atoms with Crippen molar-refractivity contribution in [3.8, 4) is 16.9 Å². The van der Waals surface area contributed by atoms with E-state index in [1.807, 2.05) is 0 Å². The summed E-state index contributed by atoms with van der Waals surface area (Å²) in [5.74, 6) is -0.575. The normalized spacial score (nSPS) is 11.3. The summed E-state index contributed by atoms with van der Waals surface area (Å²) >= 11 is 0. The van der Waals surface area contributed by atoms with Gasteiger partial charge in [-0.05, 0) is 48.0 Å². The van der Waals surface area contributed by atoms with Gasteiger partial charge in [-0.2, -0.15) is 13.2 Å². The Morgan fingerprint density at radius 1 is 1.06 bits per heavy atom. The number of nitrogens with zero attached hydrogens (tertiary/aromatic N) is 1. The lowest BCUT2D eigenvalue weighted by Crippen LogP contribution is -2.20. The van der Waals surface area contributed by atoms with Gasteiger partial charge >= 0.3 is 12.2 Å². The number of pyridine rings is 1. The molecule has 0 spiro atoms. The van der Waals surface area contributed by atoms with E-state index >= 15 is 0 Å². The third kappa shape index (κ3) is 4.49. The minimum Gasteiger partial charge on any atom is -0.495 e. The molecule has 174 valence electrons. The third-order valence-electron chi connectivity index (χ3n) is 5.01. The average Bonchev–Trinajstić information content (AvgIpc) is 3.19. The summed E-state index contributed by atoms with van der Waals surface area (Å²) in [5.41, 5.74) is 7.35. The number of H-pyrrole nitrogens is 1. The highest BCUT2D eigenvalue weighted by Gasteiger charge is 2.31. The Morgan fingerprint density at radius 2 is 1.79 bits per heavy atom. The Hall–Kier alpha value is -4.54. The van der Waals surface area contributed by atoms with Crippen molar-refractivity contribution in [3.05, 3.63) is 72.1 Å². The minimum atomic E-state index is -4.57. The van der Waals surface area contributed by atoms with E-state index in [-0.39, 0.29) is 17.1 Å². The van der Waals surface area contributed by atoms with E-state index < -0.39 is 23.7 Å². The fourth-order valence-corrected chi connectivity index (χ4v) is 3.47. The molecule has 4 rings (SSSR count). The number of urea groups is 1. The summed E-state index contributed by atoms with van der Waals surface area (Å²) in [6, 6.07) is 12.0. The maximum absolute atomic E-state index is 13.0. The number of fused-ring (bicyclic) bond motifs is 1. The van der Waals surface area contributed by atoms with E-state index in [4.69, 9.17) is 10.5 Å². The molecule has 0 atom stereocenters. The summed E-state index contributed by atoms with van der Waals surface area (Å²) in [6.45, 7) is 0. The van der Waals surface area contributed by atoms with Gasteiger partial charge < -0.3 is 26.1 Å². The Kier molecular flexibility index (Phi) is 5.84. The second kappa shape index (κ2) is 8.77. The molecule has 2 heterocycles. The Labute approximate surface area is 190 Å². The number of nitrogens with one attached hydrogen (secondary N) is 3. The number of nitrogens with two attached hydrogens (primary N) is 1. The number of rotatable bonds is 5. The third-order valence-corrected chi connectivity index (χ3v) is 5.01. The monoisotopic (exact) mass is 469 g/mol. The van der Waals surface area contributed by atoms with Crippen LogP contribution in [-0.2, 0) is 6.18 Å². The smallest absolute Gasteiger partial charge is 0.416 e. The predicted molar refractivity (Wildman–Crippen MR) is 121 cm³/mol. The molecule has 0 aliphatic rings. The number of hydrogen-bond acceptors (Lipinski definition) is 4. The van der Waals surface area contributed by atoms with Crippen LogP contribution in [-0.4, -0.2) is 29.0 Å². The maximum Gasteiger partial charge on any atom is 0.416 e. The fourth-order valence-electron chi connectivity index (χ4n) is 3.47. The van der Waals surface area contributed by atoms with Gasteiger partial charge in [-0.25, -0.2) is 4.79 Å². The number of primary amides is 1. The number of carbonyl (C=O) groups excluding carboxylic acids is 2. The summed E-state index contributed by atoms with van der Waals surface area (Å²) < 4.78 is 44.1. The van der Waals surface area contributed by atoms with Crippen molar-refractivity contribution in [1.82, 2.24) is 9.97 Å². The molecule has 0 aliphatic heterocycles. The van der Waals surface area contributed by atoms with E-state index in [2.05, 4.69) is 20.6 Å². The first-order valence-electron chi connectivity index (χ1n) is 9.87. The van der Waals surface area contributed by atoms with E-state index in [9.17, 15) is 22.8 Å². The van der Waals surface area contributed by atoms with Crippen LogP contribution in [0.4, 0.5) is 29.3 Å². The van der Waals surface area contributed by atoms with E-state index in [1.54, 1.807) is 42.6 Å². The standard InChI is InChI=1S/C23H18F3N5O3/c1-34-17-9-6-13(23(24,25)26)11-16(17)31-22(33)29-14-7-4-12(5-8-14)18-19-15(3-2-10-28-19)30-20(18)21(27)32/h2-11,30H,1H3,(H2,27,32)(H2,29,31,33). The molecule has 2 aromatic carbocycles. The molecule has 4 aromatic rings. The van der Waals surface area contributed by atoms with Crippen molar-refractivity contribution < 1.29 is 27.5 Å². The lowest BCUT2D eigenvalue weighted by molar-refractivity contribution is -0.137. The van der Waals surface area contributed by atoms with Gasteiger partial charge in [-0.3, -0.25) is 9.78 Å². The van der Waals surface area contributed by atoms with Gasteiger partial charge in [-0.15, -0.1) is 0 Å². The highest BCUT2D eigenvalue weighted by Crippen LogP contribution is 2.35. The van der Waals surface area contributed by atoms with Gasteiger partial charge in [0.05, 0.1) is 29.4 Å². The Balaban J connectivity index is 1.56. The number of aromatic nitrogens is 2. The van der Waals surface area contributed by atoms with Crippen LogP contribution in [0.15, 0.2) is 60.8 Å². The molecular weight excluding hydrogens is 451 g/mol. The van der Waals surface area contributed by atoms with Gasteiger partial charge in [0, 0.05) is 17.4 Å². The molecule has 0 saturated heterocycles. The van der Waals surface area contributed by atoms with Gasteiger partial charge in [0.25, 0.3) is 5.91 Å². The topological polar surface area (TPSA) is 122 Å². The SMILES string of the molecule is COc1ccc(C(F)(F)F)cc1NC(=O)Nc1ccc(-c2c(C(N)=O)[nH]c3cccnc23)cc1. The highest BCUT2D eigenvalue weighted by atomic mass is 19.4. The van der Waals surface area contributed by atoms with Gasteiger partial charge in [0.15, 0.2) is 0 Å². The van der Waals surface area contributed by atoms with Crippen LogP contribution in [0, 0.1) is 0 Å². The van der Waals surface area contributed by atoms with E-state index in [0.717, 1.165) is 18.2 Å². The largest absolute Gasteiger partial charge is 0.495 e. The molecule has 0 saturated carbocycles. The molecule has 0 unspecified atom stereocenters. The first-order chi connectivity index (χ1) is 16.2. The maximum atomic E-state index is 13.0. The zero-order valence-electron chi connectivity index (χ0n) is 17.7. The number of halogens is 3.